The fourth-order valence-electron chi connectivity index (χ4n) is 0.408. The molecular formula is C6H10N2O2. The SMILES string of the molecule is [C-]#[N+]C(C)C(=O)N(C)OC. The van der Waals surface area contributed by atoms with Gasteiger partial charge in [0.15, 0.2) is 0 Å². The van der Waals surface area contributed by atoms with Crippen LogP contribution in [0.1, 0.15) is 6.92 Å². The van der Waals surface area contributed by atoms with Crippen LogP contribution in [0.5, 0.6) is 0 Å². The molecule has 0 fully saturated rings. The molecule has 1 unspecified atom stereocenters. The van der Waals surface area contributed by atoms with Gasteiger partial charge in [-0.25, -0.2) is 11.6 Å². The zero-order valence-corrected chi connectivity index (χ0v) is 6.29. The summed E-state index contributed by atoms with van der Waals surface area (Å²) in [5, 5.41) is 1.04. The van der Waals surface area contributed by atoms with Crippen molar-refractivity contribution in [3.63, 3.8) is 0 Å². The number of hydroxylamine groups is 2. The predicted octanol–water partition coefficient (Wildman–Crippen LogP) is 0.314. The van der Waals surface area contributed by atoms with Gasteiger partial charge in [0, 0.05) is 14.0 Å². The van der Waals surface area contributed by atoms with Crippen molar-refractivity contribution < 1.29 is 9.63 Å². The molecule has 0 rings (SSSR count). The molecule has 0 aliphatic rings. The van der Waals surface area contributed by atoms with Gasteiger partial charge < -0.3 is 4.85 Å². The van der Waals surface area contributed by atoms with Crippen LogP contribution in [-0.4, -0.2) is 31.2 Å². The smallest absolute Gasteiger partial charge is 0.303 e. The monoisotopic (exact) mass is 142 g/mol. The molecule has 0 heterocycles. The van der Waals surface area contributed by atoms with E-state index in [2.05, 4.69) is 9.68 Å². The first-order chi connectivity index (χ1) is 4.63. The van der Waals surface area contributed by atoms with Crippen molar-refractivity contribution in [2.75, 3.05) is 14.2 Å². The maximum absolute atomic E-state index is 10.9. The van der Waals surface area contributed by atoms with Gasteiger partial charge in [-0.1, -0.05) is 0 Å². The molecule has 0 saturated heterocycles. The van der Waals surface area contributed by atoms with Crippen molar-refractivity contribution in [1.82, 2.24) is 5.06 Å². The van der Waals surface area contributed by atoms with Gasteiger partial charge >= 0.3 is 5.91 Å². The van der Waals surface area contributed by atoms with Gasteiger partial charge in [-0.3, -0.25) is 9.63 Å². The van der Waals surface area contributed by atoms with E-state index < -0.39 is 6.04 Å². The largest absolute Gasteiger partial charge is 0.328 e. The molecule has 0 aliphatic carbocycles. The first-order valence-electron chi connectivity index (χ1n) is 2.81. The van der Waals surface area contributed by atoms with Gasteiger partial charge in [0.05, 0.1) is 7.11 Å². The number of hydrogen-bond donors (Lipinski definition) is 0. The van der Waals surface area contributed by atoms with E-state index in [0.29, 0.717) is 0 Å². The number of hydrogen-bond acceptors (Lipinski definition) is 2. The number of nitrogens with zero attached hydrogens (tertiary/aromatic N) is 2. The molecule has 0 aliphatic heterocycles. The Morgan fingerprint density at radius 3 is 2.60 bits per heavy atom. The lowest BCUT2D eigenvalue weighted by Crippen LogP contribution is -2.32. The van der Waals surface area contributed by atoms with Crippen molar-refractivity contribution >= 4 is 5.91 Å². The topological polar surface area (TPSA) is 33.9 Å². The normalized spacial score (nSPS) is 11.8. The lowest BCUT2D eigenvalue weighted by Gasteiger charge is -2.11. The molecule has 1 atom stereocenters. The number of amides is 1. The van der Waals surface area contributed by atoms with Crippen molar-refractivity contribution in [3.8, 4) is 0 Å². The molecule has 0 aromatic carbocycles. The fourth-order valence-corrected chi connectivity index (χ4v) is 0.408. The van der Waals surface area contributed by atoms with Crippen LogP contribution < -0.4 is 0 Å². The van der Waals surface area contributed by atoms with E-state index in [-0.39, 0.29) is 5.91 Å². The third-order valence-corrected chi connectivity index (χ3v) is 1.14. The molecule has 1 amide bonds. The fraction of sp³-hybridized carbons (Fsp3) is 0.667. The van der Waals surface area contributed by atoms with Gasteiger partial charge in [-0.05, 0) is 0 Å². The molecule has 0 N–H and O–H groups in total. The number of carbonyl (C=O) groups excluding carboxylic acids is 1. The molecule has 0 saturated carbocycles. The quantitative estimate of drug-likeness (QED) is 0.411. The summed E-state index contributed by atoms with van der Waals surface area (Å²) in [6.45, 7) is 8.06. The van der Waals surface area contributed by atoms with Gasteiger partial charge in [-0.15, -0.1) is 0 Å². The Hall–Kier alpha value is -1.08. The molecule has 0 aromatic heterocycles. The van der Waals surface area contributed by atoms with E-state index in [4.69, 9.17) is 6.57 Å². The first-order valence-corrected chi connectivity index (χ1v) is 2.81. The van der Waals surface area contributed by atoms with E-state index in [1.807, 2.05) is 0 Å². The standard InChI is InChI=1S/C6H10N2O2/c1-5(7-2)6(9)8(3)10-4/h5H,1,3-4H3. The summed E-state index contributed by atoms with van der Waals surface area (Å²) >= 11 is 0. The Morgan fingerprint density at radius 2 is 2.30 bits per heavy atom. The molecule has 10 heavy (non-hydrogen) atoms. The zero-order valence-electron chi connectivity index (χ0n) is 6.29. The highest BCUT2D eigenvalue weighted by Crippen LogP contribution is 1.94. The Kier molecular flexibility index (Phi) is 3.44. The molecular weight excluding hydrogens is 132 g/mol. The molecule has 0 spiro atoms. The van der Waals surface area contributed by atoms with E-state index in [9.17, 15) is 4.79 Å². The first kappa shape index (κ1) is 8.92. The van der Waals surface area contributed by atoms with Gasteiger partial charge in [0.1, 0.15) is 0 Å². The molecule has 0 aromatic rings. The van der Waals surface area contributed by atoms with Crippen molar-refractivity contribution in [1.29, 1.82) is 0 Å². The molecule has 0 radical (unpaired) electrons. The lowest BCUT2D eigenvalue weighted by atomic mass is 10.3. The minimum atomic E-state index is -0.648. The second kappa shape index (κ2) is 3.85. The third kappa shape index (κ3) is 2.03. The van der Waals surface area contributed by atoms with Crippen LogP contribution in [0.25, 0.3) is 4.85 Å². The highest BCUT2D eigenvalue weighted by Gasteiger charge is 2.20. The average Bonchev–Trinajstić information content (AvgIpc) is 2.00. The summed E-state index contributed by atoms with van der Waals surface area (Å²) in [7, 11) is 2.86. The molecule has 0 bridgehead atoms. The summed E-state index contributed by atoms with van der Waals surface area (Å²) in [5.41, 5.74) is 0. The summed E-state index contributed by atoms with van der Waals surface area (Å²) in [4.78, 5) is 18.5. The molecule has 56 valence electrons. The van der Waals surface area contributed by atoms with Crippen molar-refractivity contribution in [2.24, 2.45) is 0 Å². The lowest BCUT2D eigenvalue weighted by molar-refractivity contribution is -0.168. The van der Waals surface area contributed by atoms with Gasteiger partial charge in [0.25, 0.3) is 6.04 Å². The Bertz CT molecular complexity index is 162. The second-order valence-corrected chi connectivity index (χ2v) is 1.82. The van der Waals surface area contributed by atoms with Crippen LogP contribution in [0, 0.1) is 6.57 Å². The average molecular weight is 142 g/mol. The summed E-state index contributed by atoms with van der Waals surface area (Å²) in [6.07, 6.45) is 0. The van der Waals surface area contributed by atoms with Crippen LogP contribution >= 0.6 is 0 Å². The van der Waals surface area contributed by atoms with Crippen LogP contribution in [0.2, 0.25) is 0 Å². The van der Waals surface area contributed by atoms with E-state index in [1.165, 1.54) is 21.1 Å². The number of carbonyl (C=O) groups is 1. The van der Waals surface area contributed by atoms with Crippen LogP contribution in [0.3, 0.4) is 0 Å². The number of likely N-dealkylation sites (N-methyl/N-ethyl adjacent to an activating group) is 1. The van der Waals surface area contributed by atoms with E-state index in [0.717, 1.165) is 5.06 Å². The minimum Gasteiger partial charge on any atom is -0.303 e. The van der Waals surface area contributed by atoms with E-state index >= 15 is 0 Å². The second-order valence-electron chi connectivity index (χ2n) is 1.82. The molecule has 4 nitrogen and oxygen atoms in total. The summed E-state index contributed by atoms with van der Waals surface area (Å²) in [5.74, 6) is -0.322. The summed E-state index contributed by atoms with van der Waals surface area (Å²) < 4.78 is 0. The van der Waals surface area contributed by atoms with E-state index in [1.54, 1.807) is 0 Å². The maximum Gasteiger partial charge on any atom is 0.328 e. The Balaban J connectivity index is 3.98. The minimum absolute atomic E-state index is 0.322. The van der Waals surface area contributed by atoms with Crippen molar-refractivity contribution in [2.45, 2.75) is 13.0 Å². The predicted molar refractivity (Wildman–Crippen MR) is 35.8 cm³/mol. The van der Waals surface area contributed by atoms with Crippen LogP contribution in [0.4, 0.5) is 0 Å². The third-order valence-electron chi connectivity index (χ3n) is 1.14. The zero-order chi connectivity index (χ0) is 8.15. The number of rotatable bonds is 2. The highest BCUT2D eigenvalue weighted by atomic mass is 16.7. The Labute approximate surface area is 60.2 Å². The maximum atomic E-state index is 10.9. The van der Waals surface area contributed by atoms with Gasteiger partial charge in [0.2, 0.25) is 0 Å². The van der Waals surface area contributed by atoms with Crippen molar-refractivity contribution in [3.05, 3.63) is 11.4 Å². The summed E-state index contributed by atoms with van der Waals surface area (Å²) in [6, 6.07) is -0.648. The van der Waals surface area contributed by atoms with Crippen LogP contribution in [0.15, 0.2) is 0 Å². The van der Waals surface area contributed by atoms with Gasteiger partial charge in [-0.2, -0.15) is 0 Å². The molecule has 4 heteroatoms. The highest BCUT2D eigenvalue weighted by molar-refractivity contribution is 5.81. The van der Waals surface area contributed by atoms with Crippen LogP contribution in [-0.2, 0) is 9.63 Å². The Morgan fingerprint density at radius 1 is 1.80 bits per heavy atom.